The van der Waals surface area contributed by atoms with Gasteiger partial charge in [0.1, 0.15) is 0 Å². The third-order valence-corrected chi connectivity index (χ3v) is 2.09. The molecule has 1 heterocycles. The minimum Gasteiger partial charge on any atom is -0.394 e. The van der Waals surface area contributed by atoms with Gasteiger partial charge in [0, 0.05) is 6.20 Å². The molecule has 1 aromatic heterocycles. The molecular formula is C7H9BrN2O2. The average Bonchev–Trinajstić information content (AvgIpc) is 2.08. The number of aromatic nitrogens is 1. The number of H-pyrrole nitrogens is 1. The Morgan fingerprint density at radius 3 is 2.92 bits per heavy atom. The number of aliphatic hydroxyl groups excluding tert-OH is 1. The van der Waals surface area contributed by atoms with E-state index in [0.29, 0.717) is 10.0 Å². The monoisotopic (exact) mass is 232 g/mol. The van der Waals surface area contributed by atoms with Crippen LogP contribution in [0.25, 0.3) is 0 Å². The molecule has 0 spiro atoms. The molecule has 1 aromatic rings. The summed E-state index contributed by atoms with van der Waals surface area (Å²) in [6.07, 6.45) is 1.49. The van der Waals surface area contributed by atoms with Crippen LogP contribution in [0.4, 0.5) is 0 Å². The smallest absolute Gasteiger partial charge is 0.262 e. The summed E-state index contributed by atoms with van der Waals surface area (Å²) in [5.74, 6) is 0. The van der Waals surface area contributed by atoms with E-state index >= 15 is 0 Å². The van der Waals surface area contributed by atoms with E-state index in [1.807, 2.05) is 0 Å². The van der Waals surface area contributed by atoms with Crippen molar-refractivity contribution in [2.75, 3.05) is 6.61 Å². The van der Waals surface area contributed by atoms with Crippen LogP contribution in [0.2, 0.25) is 0 Å². The van der Waals surface area contributed by atoms with Gasteiger partial charge in [0.05, 0.1) is 17.1 Å². The van der Waals surface area contributed by atoms with Crippen LogP contribution < -0.4 is 11.3 Å². The number of nitrogens with one attached hydrogen (secondary N) is 1. The van der Waals surface area contributed by atoms with Crippen LogP contribution in [0.5, 0.6) is 0 Å². The topological polar surface area (TPSA) is 79.1 Å². The number of aliphatic hydroxyl groups is 1. The zero-order valence-electron chi connectivity index (χ0n) is 6.25. The van der Waals surface area contributed by atoms with Crippen molar-refractivity contribution in [2.45, 2.75) is 6.04 Å². The lowest BCUT2D eigenvalue weighted by atomic mass is 10.1. The number of nitrogens with two attached hydrogens (primary N) is 1. The highest BCUT2D eigenvalue weighted by atomic mass is 79.9. The molecule has 0 aromatic carbocycles. The highest BCUT2D eigenvalue weighted by Gasteiger charge is 2.05. The van der Waals surface area contributed by atoms with E-state index in [9.17, 15) is 4.79 Å². The number of halogens is 1. The zero-order valence-corrected chi connectivity index (χ0v) is 7.84. The molecule has 0 saturated heterocycles. The molecule has 4 N–H and O–H groups in total. The third-order valence-electron chi connectivity index (χ3n) is 1.51. The summed E-state index contributed by atoms with van der Waals surface area (Å²) in [5, 5.41) is 8.72. The molecule has 0 bridgehead atoms. The molecule has 12 heavy (non-hydrogen) atoms. The molecule has 4 nitrogen and oxygen atoms in total. The quantitative estimate of drug-likeness (QED) is 0.679. The van der Waals surface area contributed by atoms with Gasteiger partial charge in [-0.05, 0) is 27.6 Å². The molecule has 0 aliphatic rings. The SMILES string of the molecule is N[C@H](CO)c1c[nH]c(=O)c(Br)c1. The van der Waals surface area contributed by atoms with Crippen LogP contribution in [-0.4, -0.2) is 16.7 Å². The Morgan fingerprint density at radius 1 is 1.75 bits per heavy atom. The Kier molecular flexibility index (Phi) is 3.02. The highest BCUT2D eigenvalue weighted by Crippen LogP contribution is 2.10. The van der Waals surface area contributed by atoms with Crippen LogP contribution in [0, 0.1) is 0 Å². The Morgan fingerprint density at radius 2 is 2.42 bits per heavy atom. The molecule has 0 saturated carbocycles. The Hall–Kier alpha value is -0.650. The molecule has 0 radical (unpaired) electrons. The van der Waals surface area contributed by atoms with Crippen LogP contribution in [0.1, 0.15) is 11.6 Å². The number of aromatic amines is 1. The number of rotatable bonds is 2. The van der Waals surface area contributed by atoms with Crippen molar-refractivity contribution in [1.82, 2.24) is 4.98 Å². The van der Waals surface area contributed by atoms with Gasteiger partial charge < -0.3 is 15.8 Å². The molecule has 0 aliphatic heterocycles. The molecule has 5 heteroatoms. The number of pyridine rings is 1. The minimum absolute atomic E-state index is 0.140. The van der Waals surface area contributed by atoms with Gasteiger partial charge in [0.2, 0.25) is 0 Å². The van der Waals surface area contributed by atoms with Crippen molar-refractivity contribution in [2.24, 2.45) is 5.73 Å². The summed E-state index contributed by atoms with van der Waals surface area (Å²) >= 11 is 3.06. The van der Waals surface area contributed by atoms with Crippen LogP contribution >= 0.6 is 15.9 Å². The first-order valence-corrected chi connectivity index (χ1v) is 4.19. The van der Waals surface area contributed by atoms with Crippen LogP contribution in [0.3, 0.4) is 0 Å². The summed E-state index contributed by atoms with van der Waals surface area (Å²) in [5.41, 5.74) is 6.01. The van der Waals surface area contributed by atoms with E-state index in [1.165, 1.54) is 6.20 Å². The van der Waals surface area contributed by atoms with Gasteiger partial charge in [-0.2, -0.15) is 0 Å². The van der Waals surface area contributed by atoms with Gasteiger partial charge in [0.25, 0.3) is 5.56 Å². The van der Waals surface area contributed by atoms with Gasteiger partial charge in [-0.3, -0.25) is 4.79 Å². The number of hydrogen-bond donors (Lipinski definition) is 3. The summed E-state index contributed by atoms with van der Waals surface area (Å²) in [7, 11) is 0. The first-order valence-electron chi connectivity index (χ1n) is 3.39. The van der Waals surface area contributed by atoms with Crippen LogP contribution in [-0.2, 0) is 0 Å². The van der Waals surface area contributed by atoms with Crippen molar-refractivity contribution >= 4 is 15.9 Å². The third kappa shape index (κ3) is 1.94. The normalized spacial score (nSPS) is 12.9. The summed E-state index contributed by atoms with van der Waals surface area (Å²) < 4.78 is 0.420. The van der Waals surface area contributed by atoms with Gasteiger partial charge >= 0.3 is 0 Å². The molecule has 66 valence electrons. The van der Waals surface area contributed by atoms with Gasteiger partial charge in [-0.25, -0.2) is 0 Å². The van der Waals surface area contributed by atoms with Crippen molar-refractivity contribution in [3.05, 3.63) is 32.7 Å². The molecule has 1 atom stereocenters. The standard InChI is InChI=1S/C7H9BrN2O2/c8-5-1-4(6(9)3-11)2-10-7(5)12/h1-2,6,11H,3,9H2,(H,10,12)/t6-/m1/s1. The van der Waals surface area contributed by atoms with E-state index < -0.39 is 6.04 Å². The van der Waals surface area contributed by atoms with E-state index in [-0.39, 0.29) is 12.2 Å². The van der Waals surface area contributed by atoms with Crippen molar-refractivity contribution < 1.29 is 5.11 Å². The second-order valence-electron chi connectivity index (χ2n) is 2.40. The molecule has 0 fully saturated rings. The summed E-state index contributed by atoms with van der Waals surface area (Å²) in [6, 6.07) is 1.15. The predicted molar refractivity (Wildman–Crippen MR) is 48.8 cm³/mol. The van der Waals surface area contributed by atoms with Gasteiger partial charge in [-0.15, -0.1) is 0 Å². The van der Waals surface area contributed by atoms with Crippen LogP contribution in [0.15, 0.2) is 21.5 Å². The van der Waals surface area contributed by atoms with E-state index in [1.54, 1.807) is 6.07 Å². The minimum atomic E-state index is -0.446. The highest BCUT2D eigenvalue weighted by molar-refractivity contribution is 9.10. The Labute approximate surface area is 77.5 Å². The maximum absolute atomic E-state index is 10.9. The lowest BCUT2D eigenvalue weighted by Gasteiger charge is -2.07. The molecule has 0 unspecified atom stereocenters. The van der Waals surface area contributed by atoms with Crippen molar-refractivity contribution in [3.63, 3.8) is 0 Å². The fourth-order valence-electron chi connectivity index (χ4n) is 0.791. The molecule has 0 amide bonds. The van der Waals surface area contributed by atoms with Gasteiger partial charge in [-0.1, -0.05) is 0 Å². The predicted octanol–water partition coefficient (Wildman–Crippen LogP) is 0.130. The van der Waals surface area contributed by atoms with E-state index in [2.05, 4.69) is 20.9 Å². The van der Waals surface area contributed by atoms with Crippen molar-refractivity contribution in [3.8, 4) is 0 Å². The van der Waals surface area contributed by atoms with Gasteiger partial charge in [0.15, 0.2) is 0 Å². The van der Waals surface area contributed by atoms with E-state index in [4.69, 9.17) is 10.8 Å². The Balaban J connectivity index is 3.04. The molecule has 1 rings (SSSR count). The maximum Gasteiger partial charge on any atom is 0.262 e. The first kappa shape index (κ1) is 9.44. The lowest BCUT2D eigenvalue weighted by Crippen LogP contribution is -2.17. The second-order valence-corrected chi connectivity index (χ2v) is 3.25. The number of hydrogen-bond acceptors (Lipinski definition) is 3. The lowest BCUT2D eigenvalue weighted by molar-refractivity contribution is 0.267. The zero-order chi connectivity index (χ0) is 9.14. The summed E-state index contributed by atoms with van der Waals surface area (Å²) in [6.45, 7) is -0.140. The first-order chi connectivity index (χ1) is 5.65. The molecule has 0 aliphatic carbocycles. The fraction of sp³-hybridized carbons (Fsp3) is 0.286. The van der Waals surface area contributed by atoms with E-state index in [0.717, 1.165) is 0 Å². The molecular weight excluding hydrogens is 224 g/mol. The maximum atomic E-state index is 10.9. The summed E-state index contributed by atoms with van der Waals surface area (Å²) in [4.78, 5) is 13.4. The largest absolute Gasteiger partial charge is 0.394 e. The fourth-order valence-corrected chi connectivity index (χ4v) is 1.17. The average molecular weight is 233 g/mol. The van der Waals surface area contributed by atoms with Crippen molar-refractivity contribution in [1.29, 1.82) is 0 Å². The Bertz CT molecular complexity index is 323. The second kappa shape index (κ2) is 3.84.